The third-order valence-corrected chi connectivity index (χ3v) is 1.30. The molecule has 0 aromatic heterocycles. The zero-order valence-corrected chi connectivity index (χ0v) is 6.10. The molecule has 0 atom stereocenters. The molecule has 0 bridgehead atoms. The lowest BCUT2D eigenvalue weighted by Gasteiger charge is -1.87. The van der Waals surface area contributed by atoms with Gasteiger partial charge in [0.25, 0.3) is 0 Å². The summed E-state index contributed by atoms with van der Waals surface area (Å²) in [6.45, 7) is 3.64. The Bertz CT molecular complexity index is 222. The van der Waals surface area contributed by atoms with E-state index < -0.39 is 0 Å². The van der Waals surface area contributed by atoms with Crippen LogP contribution in [0.25, 0.3) is 0 Å². The van der Waals surface area contributed by atoms with E-state index in [0.717, 1.165) is 0 Å². The van der Waals surface area contributed by atoms with Crippen molar-refractivity contribution in [1.29, 1.82) is 0 Å². The highest BCUT2D eigenvalue weighted by atomic mass is 35.5. The quantitative estimate of drug-likeness (QED) is 0.569. The molecule has 0 unspecified atom stereocenters. The fraction of sp³-hybridized carbons (Fsp3) is 0. The SMILES string of the molecule is C=C1C=C(O)C=CC(Cl)=C1. The third kappa shape index (κ3) is 1.78. The average Bonchev–Trinajstić information content (AvgIpc) is 1.93. The average molecular weight is 155 g/mol. The molecule has 0 amide bonds. The largest absolute Gasteiger partial charge is 0.508 e. The fourth-order valence-electron chi connectivity index (χ4n) is 0.670. The predicted octanol–water partition coefficient (Wildman–Crippen LogP) is 2.68. The summed E-state index contributed by atoms with van der Waals surface area (Å²) in [5.41, 5.74) is 0.701. The second-order valence-corrected chi connectivity index (χ2v) is 2.44. The number of hydrogen-bond donors (Lipinski definition) is 1. The van der Waals surface area contributed by atoms with Crippen molar-refractivity contribution in [2.45, 2.75) is 0 Å². The van der Waals surface area contributed by atoms with Gasteiger partial charge in [-0.05, 0) is 29.9 Å². The number of halogens is 1. The zero-order chi connectivity index (χ0) is 7.56. The first kappa shape index (κ1) is 7.16. The second kappa shape index (κ2) is 2.76. The summed E-state index contributed by atoms with van der Waals surface area (Å²) in [4.78, 5) is 0. The van der Waals surface area contributed by atoms with Gasteiger partial charge in [0.1, 0.15) is 5.76 Å². The molecule has 0 aliphatic heterocycles. The maximum absolute atomic E-state index is 9.00. The highest BCUT2D eigenvalue weighted by Gasteiger charge is 1.95. The number of allylic oxidation sites excluding steroid dienone is 6. The van der Waals surface area contributed by atoms with Crippen molar-refractivity contribution in [2.75, 3.05) is 0 Å². The Balaban J connectivity index is 2.98. The van der Waals surface area contributed by atoms with Crippen molar-refractivity contribution >= 4 is 11.6 Å². The van der Waals surface area contributed by atoms with Crippen molar-refractivity contribution in [1.82, 2.24) is 0 Å². The van der Waals surface area contributed by atoms with Crippen LogP contribution in [0.15, 0.2) is 47.2 Å². The maximum Gasteiger partial charge on any atom is 0.116 e. The van der Waals surface area contributed by atoms with E-state index >= 15 is 0 Å². The number of rotatable bonds is 0. The highest BCUT2D eigenvalue weighted by Crippen LogP contribution is 2.14. The molecule has 0 fully saturated rings. The van der Waals surface area contributed by atoms with Gasteiger partial charge in [-0.3, -0.25) is 0 Å². The molecule has 0 heterocycles. The minimum Gasteiger partial charge on any atom is -0.508 e. The number of aliphatic hydroxyl groups is 1. The van der Waals surface area contributed by atoms with Crippen LogP contribution in [0.5, 0.6) is 0 Å². The van der Waals surface area contributed by atoms with Gasteiger partial charge in [-0.25, -0.2) is 0 Å². The van der Waals surface area contributed by atoms with E-state index in [1.807, 2.05) is 0 Å². The lowest BCUT2D eigenvalue weighted by molar-refractivity contribution is 0.432. The molecule has 52 valence electrons. The van der Waals surface area contributed by atoms with E-state index in [4.69, 9.17) is 16.7 Å². The van der Waals surface area contributed by atoms with Gasteiger partial charge in [-0.2, -0.15) is 0 Å². The van der Waals surface area contributed by atoms with Crippen LogP contribution < -0.4 is 0 Å². The van der Waals surface area contributed by atoms with Crippen LogP contribution in [0.4, 0.5) is 0 Å². The maximum atomic E-state index is 9.00. The number of aliphatic hydroxyl groups excluding tert-OH is 1. The minimum absolute atomic E-state index is 0.178. The van der Waals surface area contributed by atoms with Gasteiger partial charge >= 0.3 is 0 Å². The monoisotopic (exact) mass is 154 g/mol. The molecule has 1 aliphatic carbocycles. The minimum atomic E-state index is 0.178. The second-order valence-electron chi connectivity index (χ2n) is 2.01. The van der Waals surface area contributed by atoms with Crippen molar-refractivity contribution in [2.24, 2.45) is 0 Å². The summed E-state index contributed by atoms with van der Waals surface area (Å²) in [7, 11) is 0. The number of hydrogen-bond acceptors (Lipinski definition) is 1. The first-order chi connectivity index (χ1) is 4.68. The molecule has 0 aromatic rings. The summed E-state index contributed by atoms with van der Waals surface area (Å²) in [6.07, 6.45) is 6.37. The van der Waals surface area contributed by atoms with Crippen LogP contribution in [0, 0.1) is 0 Å². The van der Waals surface area contributed by atoms with Crippen molar-refractivity contribution < 1.29 is 5.11 Å². The van der Waals surface area contributed by atoms with E-state index in [0.29, 0.717) is 10.6 Å². The molecule has 1 rings (SSSR count). The summed E-state index contributed by atoms with van der Waals surface area (Å²) in [6, 6.07) is 0. The Morgan fingerprint density at radius 3 is 2.70 bits per heavy atom. The van der Waals surface area contributed by atoms with Crippen molar-refractivity contribution in [3.8, 4) is 0 Å². The van der Waals surface area contributed by atoms with Crippen LogP contribution in [0.3, 0.4) is 0 Å². The summed E-state index contributed by atoms with van der Waals surface area (Å²) >= 11 is 5.65. The Morgan fingerprint density at radius 1 is 1.30 bits per heavy atom. The van der Waals surface area contributed by atoms with Gasteiger partial charge in [-0.1, -0.05) is 18.2 Å². The van der Waals surface area contributed by atoms with Gasteiger partial charge in [-0.15, -0.1) is 0 Å². The smallest absolute Gasteiger partial charge is 0.116 e. The van der Waals surface area contributed by atoms with Crippen molar-refractivity contribution in [3.63, 3.8) is 0 Å². The molecule has 0 aromatic carbocycles. The molecule has 10 heavy (non-hydrogen) atoms. The Labute approximate surface area is 64.6 Å². The van der Waals surface area contributed by atoms with Gasteiger partial charge < -0.3 is 5.11 Å². The van der Waals surface area contributed by atoms with Gasteiger partial charge in [0.15, 0.2) is 0 Å². The topological polar surface area (TPSA) is 20.2 Å². The highest BCUT2D eigenvalue weighted by molar-refractivity contribution is 6.31. The molecule has 0 spiro atoms. The molecule has 1 N–H and O–H groups in total. The normalized spacial score (nSPS) is 17.9. The Morgan fingerprint density at radius 2 is 2.00 bits per heavy atom. The van der Waals surface area contributed by atoms with E-state index in [1.165, 1.54) is 6.08 Å². The van der Waals surface area contributed by atoms with E-state index in [9.17, 15) is 0 Å². The third-order valence-electron chi connectivity index (χ3n) is 1.07. The van der Waals surface area contributed by atoms with Crippen molar-refractivity contribution in [3.05, 3.63) is 47.2 Å². The molecule has 0 radical (unpaired) electrons. The van der Waals surface area contributed by atoms with Crippen LogP contribution in [0.1, 0.15) is 0 Å². The van der Waals surface area contributed by atoms with E-state index in [2.05, 4.69) is 6.58 Å². The van der Waals surface area contributed by atoms with Crippen LogP contribution in [-0.2, 0) is 0 Å². The predicted molar refractivity (Wildman–Crippen MR) is 42.9 cm³/mol. The van der Waals surface area contributed by atoms with Crippen LogP contribution in [0.2, 0.25) is 0 Å². The summed E-state index contributed by atoms with van der Waals surface area (Å²) in [5.74, 6) is 0.178. The first-order valence-electron chi connectivity index (χ1n) is 2.83. The molecular formula is C8H7ClO. The zero-order valence-electron chi connectivity index (χ0n) is 5.34. The molecule has 1 aliphatic rings. The summed E-state index contributed by atoms with van der Waals surface area (Å²) < 4.78 is 0. The first-order valence-corrected chi connectivity index (χ1v) is 3.21. The van der Waals surface area contributed by atoms with Crippen LogP contribution in [-0.4, -0.2) is 5.11 Å². The fourth-order valence-corrected chi connectivity index (χ4v) is 0.873. The van der Waals surface area contributed by atoms with E-state index in [1.54, 1.807) is 18.2 Å². The Hall–Kier alpha value is -0.950. The Kier molecular flexibility index (Phi) is 1.97. The molecule has 0 saturated heterocycles. The lowest BCUT2D eigenvalue weighted by atomic mass is 10.3. The molecule has 0 saturated carbocycles. The van der Waals surface area contributed by atoms with Crippen LogP contribution >= 0.6 is 11.6 Å². The standard InChI is InChI=1S/C8H7ClO/c1-6-4-7(9)2-3-8(10)5-6/h2-5,10H,1H2. The lowest BCUT2D eigenvalue weighted by Crippen LogP contribution is -1.71. The molecular weight excluding hydrogens is 148 g/mol. The van der Waals surface area contributed by atoms with Gasteiger partial charge in [0, 0.05) is 5.03 Å². The molecule has 2 heteroatoms. The van der Waals surface area contributed by atoms with Gasteiger partial charge in [0.2, 0.25) is 0 Å². The van der Waals surface area contributed by atoms with E-state index in [-0.39, 0.29) is 5.76 Å². The summed E-state index contributed by atoms with van der Waals surface area (Å²) in [5, 5.41) is 9.57. The van der Waals surface area contributed by atoms with Gasteiger partial charge in [0.05, 0.1) is 0 Å². The molecule has 1 nitrogen and oxygen atoms in total.